The maximum Gasteiger partial charge on any atom is 0.153 e. The number of nitrogens with one attached hydrogen (secondary N) is 1. The maximum absolute atomic E-state index is 9.80. The van der Waals surface area contributed by atoms with Gasteiger partial charge in [-0.15, -0.1) is 0 Å². The highest BCUT2D eigenvalue weighted by atomic mass is 16.4. The molecule has 0 radical (unpaired) electrons. The topological polar surface area (TPSA) is 37.0 Å². The van der Waals surface area contributed by atoms with Gasteiger partial charge in [0.25, 0.3) is 0 Å². The number of rotatable bonds is 2. The Morgan fingerprint density at radius 2 is 2.00 bits per heavy atom. The van der Waals surface area contributed by atoms with E-state index < -0.39 is 0 Å². The van der Waals surface area contributed by atoms with Crippen LogP contribution in [0.1, 0.15) is 5.56 Å². The largest absolute Gasteiger partial charge is 0.626 e. The molecule has 0 aliphatic rings. The summed E-state index contributed by atoms with van der Waals surface area (Å²) in [4.78, 5) is 0. The molecule has 0 spiro atoms. The third kappa shape index (κ3) is 1.90. The van der Waals surface area contributed by atoms with Crippen molar-refractivity contribution < 1.29 is 5.16 Å². The highest BCUT2D eigenvalue weighted by molar-refractivity contribution is 5.55. The smallest absolute Gasteiger partial charge is 0.153 e. The van der Waals surface area contributed by atoms with Gasteiger partial charge in [0.15, 0.2) is 6.21 Å². The lowest BCUT2D eigenvalue weighted by Crippen LogP contribution is -2.60. The highest BCUT2D eigenvalue weighted by Gasteiger charge is 1.86. The van der Waals surface area contributed by atoms with Crippen molar-refractivity contribution in [1.29, 1.82) is 0 Å². The molecule has 1 rings (SSSR count). The number of benzene rings is 1. The van der Waals surface area contributed by atoms with Gasteiger partial charge in [-0.3, -0.25) is 0 Å². The second-order valence-corrected chi connectivity index (χ2v) is 2.01. The van der Waals surface area contributed by atoms with E-state index in [2.05, 4.69) is 0 Å². The van der Waals surface area contributed by atoms with Gasteiger partial charge in [-0.05, 0) is 5.56 Å². The first-order valence-corrected chi connectivity index (χ1v) is 3.17. The third-order valence-corrected chi connectivity index (χ3v) is 1.26. The summed E-state index contributed by atoms with van der Waals surface area (Å²) in [5.41, 5.74) is 1.14. The van der Waals surface area contributed by atoms with Crippen LogP contribution in [0, 0.1) is 5.21 Å². The second kappa shape index (κ2) is 3.67. The van der Waals surface area contributed by atoms with Gasteiger partial charge in [-0.2, -0.15) is 0 Å². The normalized spacial score (nSPS) is 10.4. The van der Waals surface area contributed by atoms with Crippen LogP contribution in [0.5, 0.6) is 0 Å². The van der Waals surface area contributed by atoms with Crippen LogP contribution < -0.4 is 5.16 Å². The number of hydrogen-bond acceptors (Lipinski definition) is 1. The fourth-order valence-corrected chi connectivity index (χ4v) is 0.774. The zero-order valence-electron chi connectivity index (χ0n) is 5.58. The van der Waals surface area contributed by atoms with Gasteiger partial charge >= 0.3 is 0 Å². The van der Waals surface area contributed by atoms with E-state index in [4.69, 9.17) is 0 Å². The number of hydrogen-bond donors (Lipinski definition) is 1. The summed E-state index contributed by atoms with van der Waals surface area (Å²) in [5.74, 6) is 0. The minimum Gasteiger partial charge on any atom is -0.626 e. The molecule has 0 atom stereocenters. The summed E-state index contributed by atoms with van der Waals surface area (Å²) in [6.45, 7) is 0. The first kappa shape index (κ1) is 6.81. The molecule has 1 N–H and O–H groups in total. The lowest BCUT2D eigenvalue weighted by molar-refractivity contribution is -0.368. The molecular weight excluding hydrogens is 126 g/mol. The van der Waals surface area contributed by atoms with Gasteiger partial charge in [0.05, 0.1) is 6.42 Å². The fraction of sp³-hybridized carbons (Fsp3) is 0.125. The van der Waals surface area contributed by atoms with Gasteiger partial charge in [0.2, 0.25) is 0 Å². The van der Waals surface area contributed by atoms with Crippen LogP contribution >= 0.6 is 0 Å². The first-order chi connectivity index (χ1) is 4.93. The van der Waals surface area contributed by atoms with E-state index in [0.29, 0.717) is 6.42 Å². The van der Waals surface area contributed by atoms with E-state index >= 15 is 0 Å². The van der Waals surface area contributed by atoms with Crippen molar-refractivity contribution in [2.24, 2.45) is 0 Å². The lowest BCUT2D eigenvalue weighted by Gasteiger charge is -1.90. The Bertz CT molecular complexity index is 206. The molecule has 0 aromatic heterocycles. The summed E-state index contributed by atoms with van der Waals surface area (Å²) in [6, 6.07) is 9.82. The van der Waals surface area contributed by atoms with Crippen LogP contribution in [-0.4, -0.2) is 6.21 Å². The van der Waals surface area contributed by atoms with Crippen molar-refractivity contribution in [1.82, 2.24) is 0 Å². The van der Waals surface area contributed by atoms with Crippen molar-refractivity contribution in [3.8, 4) is 0 Å². The lowest BCUT2D eigenvalue weighted by atomic mass is 10.2. The second-order valence-electron chi connectivity index (χ2n) is 2.01. The Hall–Kier alpha value is -1.31. The minimum absolute atomic E-state index is 0.685. The van der Waals surface area contributed by atoms with Crippen molar-refractivity contribution in [3.05, 3.63) is 41.1 Å². The zero-order valence-corrected chi connectivity index (χ0v) is 5.58. The van der Waals surface area contributed by atoms with Crippen molar-refractivity contribution in [2.45, 2.75) is 6.42 Å². The molecule has 1 aromatic rings. The molecular formula is C8H9NO. The third-order valence-electron chi connectivity index (χ3n) is 1.26. The van der Waals surface area contributed by atoms with E-state index in [-0.39, 0.29) is 0 Å². The van der Waals surface area contributed by atoms with E-state index in [1.807, 2.05) is 30.3 Å². The Kier molecular flexibility index (Phi) is 2.49. The summed E-state index contributed by atoms with van der Waals surface area (Å²) >= 11 is 0. The molecule has 0 heterocycles. The SMILES string of the molecule is [O-][NH+]=CCc1ccccc1. The summed E-state index contributed by atoms with van der Waals surface area (Å²) in [6.07, 6.45) is 2.17. The van der Waals surface area contributed by atoms with Crippen molar-refractivity contribution >= 4 is 6.21 Å². The molecule has 0 bridgehead atoms. The first-order valence-electron chi connectivity index (χ1n) is 3.17. The summed E-state index contributed by atoms with van der Waals surface area (Å²) < 4.78 is 0. The van der Waals surface area contributed by atoms with Crippen LogP contribution in [0.3, 0.4) is 0 Å². The van der Waals surface area contributed by atoms with Crippen LogP contribution in [0.15, 0.2) is 30.3 Å². The van der Waals surface area contributed by atoms with Crippen LogP contribution in [0.25, 0.3) is 0 Å². The molecule has 2 nitrogen and oxygen atoms in total. The summed E-state index contributed by atoms with van der Waals surface area (Å²) in [5, 5.41) is 11.5. The zero-order chi connectivity index (χ0) is 7.23. The van der Waals surface area contributed by atoms with Crippen molar-refractivity contribution in [2.75, 3.05) is 0 Å². The van der Waals surface area contributed by atoms with E-state index in [1.165, 1.54) is 6.21 Å². The summed E-state index contributed by atoms with van der Waals surface area (Å²) in [7, 11) is 0. The molecule has 0 saturated carbocycles. The molecule has 0 fully saturated rings. The van der Waals surface area contributed by atoms with Gasteiger partial charge < -0.3 is 5.21 Å². The minimum atomic E-state index is 0.685. The highest BCUT2D eigenvalue weighted by Crippen LogP contribution is 1.95. The predicted molar refractivity (Wildman–Crippen MR) is 40.5 cm³/mol. The van der Waals surface area contributed by atoms with E-state index in [9.17, 15) is 5.21 Å². The molecule has 0 aliphatic carbocycles. The molecule has 0 unspecified atom stereocenters. The molecule has 0 amide bonds. The maximum atomic E-state index is 9.80. The average Bonchev–Trinajstić information content (AvgIpc) is 2.03. The van der Waals surface area contributed by atoms with Gasteiger partial charge in [0.1, 0.15) is 0 Å². The average molecular weight is 135 g/mol. The monoisotopic (exact) mass is 135 g/mol. The van der Waals surface area contributed by atoms with E-state index in [1.54, 1.807) is 5.16 Å². The van der Waals surface area contributed by atoms with Crippen LogP contribution in [0.4, 0.5) is 0 Å². The molecule has 52 valence electrons. The Morgan fingerprint density at radius 1 is 1.30 bits per heavy atom. The van der Waals surface area contributed by atoms with Crippen molar-refractivity contribution in [3.63, 3.8) is 0 Å². The standard InChI is InChI=1S/C8H9NO/c10-9-7-6-8-4-2-1-3-5-8/h1-5,7,9H,6H2. The molecule has 0 saturated heterocycles. The Balaban J connectivity index is 2.59. The Labute approximate surface area is 59.8 Å². The Morgan fingerprint density at radius 3 is 2.60 bits per heavy atom. The van der Waals surface area contributed by atoms with E-state index in [0.717, 1.165) is 5.56 Å². The van der Waals surface area contributed by atoms with Gasteiger partial charge in [0, 0.05) is 0 Å². The molecule has 2 heteroatoms. The fourth-order valence-electron chi connectivity index (χ4n) is 0.774. The molecule has 0 aliphatic heterocycles. The van der Waals surface area contributed by atoms with Crippen LogP contribution in [-0.2, 0) is 6.42 Å². The van der Waals surface area contributed by atoms with Crippen LogP contribution in [0.2, 0.25) is 0 Å². The van der Waals surface area contributed by atoms with Gasteiger partial charge in [-0.25, -0.2) is 5.16 Å². The van der Waals surface area contributed by atoms with Gasteiger partial charge in [-0.1, -0.05) is 30.3 Å². The molecule has 1 aromatic carbocycles. The quantitative estimate of drug-likeness (QED) is 0.342. The molecule has 10 heavy (non-hydrogen) atoms. The predicted octanol–water partition coefficient (Wildman–Crippen LogP) is -0.122.